The average Bonchev–Trinajstić information content (AvgIpc) is 2.56. The van der Waals surface area contributed by atoms with Gasteiger partial charge in [0.05, 0.1) is 10.9 Å². The van der Waals surface area contributed by atoms with Crippen molar-refractivity contribution in [3.63, 3.8) is 0 Å². The normalized spacial score (nSPS) is 20.9. The number of rotatable bonds is 3. The zero-order chi connectivity index (χ0) is 15.6. The smallest absolute Gasteiger partial charge is 0.243 e. The van der Waals surface area contributed by atoms with E-state index in [1.54, 1.807) is 28.6 Å². The second-order valence-electron chi connectivity index (χ2n) is 5.62. The number of nitrogens with zero attached hydrogens (tertiary/aromatic N) is 2. The van der Waals surface area contributed by atoms with E-state index in [9.17, 15) is 8.42 Å². The lowest BCUT2D eigenvalue weighted by molar-refractivity contribution is 0.160. The van der Waals surface area contributed by atoms with Gasteiger partial charge < -0.3 is 4.90 Å². The highest BCUT2D eigenvalue weighted by molar-refractivity contribution is 7.89. The third-order valence-corrected chi connectivity index (χ3v) is 5.99. The van der Waals surface area contributed by atoms with E-state index in [1.807, 2.05) is 43.4 Å². The van der Waals surface area contributed by atoms with E-state index in [-0.39, 0.29) is 6.04 Å². The van der Waals surface area contributed by atoms with Gasteiger partial charge in [-0.1, -0.05) is 48.5 Å². The summed E-state index contributed by atoms with van der Waals surface area (Å²) in [4.78, 5) is 2.54. The predicted octanol–water partition coefficient (Wildman–Crippen LogP) is 2.36. The average molecular weight is 316 g/mol. The maximum atomic E-state index is 13.0. The van der Waals surface area contributed by atoms with Gasteiger partial charge in [0.2, 0.25) is 10.0 Å². The SMILES string of the molecule is CN1CCN(S(=O)(=O)c2ccccc2)[C@H](c2ccccc2)C1. The molecule has 1 aliphatic rings. The number of hydrogen-bond acceptors (Lipinski definition) is 3. The highest BCUT2D eigenvalue weighted by atomic mass is 32.2. The minimum atomic E-state index is -3.48. The molecule has 1 aliphatic heterocycles. The van der Waals surface area contributed by atoms with Gasteiger partial charge in [0.1, 0.15) is 0 Å². The van der Waals surface area contributed by atoms with E-state index in [0.29, 0.717) is 18.0 Å². The summed E-state index contributed by atoms with van der Waals surface area (Å²) >= 11 is 0. The Balaban J connectivity index is 2.00. The number of piperazine rings is 1. The molecule has 2 aromatic rings. The van der Waals surface area contributed by atoms with Gasteiger partial charge in [0, 0.05) is 19.6 Å². The largest absolute Gasteiger partial charge is 0.303 e. The highest BCUT2D eigenvalue weighted by Crippen LogP contribution is 2.30. The monoisotopic (exact) mass is 316 g/mol. The van der Waals surface area contributed by atoms with E-state index in [1.165, 1.54) is 0 Å². The number of benzene rings is 2. The summed E-state index contributed by atoms with van der Waals surface area (Å²) in [6.07, 6.45) is 0. The Morgan fingerprint density at radius 3 is 2.14 bits per heavy atom. The van der Waals surface area contributed by atoms with Crippen molar-refractivity contribution >= 4 is 10.0 Å². The summed E-state index contributed by atoms with van der Waals surface area (Å²) < 4.78 is 27.6. The van der Waals surface area contributed by atoms with Crippen LogP contribution in [0.5, 0.6) is 0 Å². The first-order chi connectivity index (χ1) is 10.6. The molecule has 0 radical (unpaired) electrons. The van der Waals surface area contributed by atoms with Crippen molar-refractivity contribution in [3.05, 3.63) is 66.2 Å². The van der Waals surface area contributed by atoms with E-state index in [2.05, 4.69) is 4.90 Å². The van der Waals surface area contributed by atoms with Crippen molar-refractivity contribution in [1.82, 2.24) is 9.21 Å². The molecule has 2 aromatic carbocycles. The Morgan fingerprint density at radius 2 is 1.50 bits per heavy atom. The van der Waals surface area contributed by atoms with Crippen molar-refractivity contribution in [2.45, 2.75) is 10.9 Å². The van der Waals surface area contributed by atoms with Crippen molar-refractivity contribution < 1.29 is 8.42 Å². The molecule has 3 rings (SSSR count). The van der Waals surface area contributed by atoms with E-state index in [4.69, 9.17) is 0 Å². The Labute approximate surface area is 132 Å². The quantitative estimate of drug-likeness (QED) is 0.873. The molecule has 0 amide bonds. The maximum absolute atomic E-state index is 13.0. The maximum Gasteiger partial charge on any atom is 0.243 e. The fraction of sp³-hybridized carbons (Fsp3) is 0.294. The van der Waals surface area contributed by atoms with Gasteiger partial charge >= 0.3 is 0 Å². The molecule has 1 saturated heterocycles. The van der Waals surface area contributed by atoms with Crippen LogP contribution in [-0.2, 0) is 10.0 Å². The summed E-state index contributed by atoms with van der Waals surface area (Å²) in [6.45, 7) is 1.96. The van der Waals surface area contributed by atoms with Crippen LogP contribution in [0.1, 0.15) is 11.6 Å². The molecule has 0 aromatic heterocycles. The molecular weight excluding hydrogens is 296 g/mol. The van der Waals surface area contributed by atoms with Crippen LogP contribution >= 0.6 is 0 Å². The van der Waals surface area contributed by atoms with Crippen LogP contribution in [0.3, 0.4) is 0 Å². The molecule has 116 valence electrons. The topological polar surface area (TPSA) is 40.6 Å². The van der Waals surface area contributed by atoms with Gasteiger partial charge in [0.15, 0.2) is 0 Å². The first kappa shape index (κ1) is 15.2. The fourth-order valence-electron chi connectivity index (χ4n) is 2.87. The van der Waals surface area contributed by atoms with Gasteiger partial charge in [-0.2, -0.15) is 4.31 Å². The minimum absolute atomic E-state index is 0.148. The Hall–Kier alpha value is -1.69. The first-order valence-corrected chi connectivity index (χ1v) is 8.83. The van der Waals surface area contributed by atoms with Gasteiger partial charge in [-0.3, -0.25) is 0 Å². The highest BCUT2D eigenvalue weighted by Gasteiger charge is 2.35. The van der Waals surface area contributed by atoms with E-state index < -0.39 is 10.0 Å². The molecule has 22 heavy (non-hydrogen) atoms. The third-order valence-electron chi connectivity index (χ3n) is 4.07. The second kappa shape index (κ2) is 6.20. The van der Waals surface area contributed by atoms with Crippen LogP contribution in [0.15, 0.2) is 65.6 Å². The zero-order valence-electron chi connectivity index (χ0n) is 12.6. The van der Waals surface area contributed by atoms with Gasteiger partial charge in [-0.05, 0) is 24.7 Å². The molecule has 5 heteroatoms. The van der Waals surface area contributed by atoms with E-state index >= 15 is 0 Å². The molecule has 1 heterocycles. The number of hydrogen-bond donors (Lipinski definition) is 0. The molecule has 0 aliphatic carbocycles. The van der Waals surface area contributed by atoms with Crippen LogP contribution in [0.4, 0.5) is 0 Å². The lowest BCUT2D eigenvalue weighted by Crippen LogP contribution is -2.49. The molecule has 0 bridgehead atoms. The fourth-order valence-corrected chi connectivity index (χ4v) is 4.48. The van der Waals surface area contributed by atoms with E-state index in [0.717, 1.165) is 12.1 Å². The van der Waals surface area contributed by atoms with Crippen LogP contribution in [0.25, 0.3) is 0 Å². The van der Waals surface area contributed by atoms with Crippen LogP contribution in [0.2, 0.25) is 0 Å². The third kappa shape index (κ3) is 2.92. The van der Waals surface area contributed by atoms with Crippen LogP contribution < -0.4 is 0 Å². The zero-order valence-corrected chi connectivity index (χ0v) is 13.4. The van der Waals surface area contributed by atoms with Crippen molar-refractivity contribution in [2.24, 2.45) is 0 Å². The molecule has 0 saturated carbocycles. The van der Waals surface area contributed by atoms with Crippen LogP contribution in [-0.4, -0.2) is 44.3 Å². The summed E-state index contributed by atoms with van der Waals surface area (Å²) in [5, 5.41) is 0. The molecule has 0 unspecified atom stereocenters. The first-order valence-electron chi connectivity index (χ1n) is 7.39. The molecule has 0 N–H and O–H groups in total. The number of likely N-dealkylation sites (N-methyl/N-ethyl adjacent to an activating group) is 1. The molecule has 0 spiro atoms. The number of sulfonamides is 1. The molecular formula is C17H20N2O2S. The van der Waals surface area contributed by atoms with Gasteiger partial charge in [0.25, 0.3) is 0 Å². The summed E-state index contributed by atoms with van der Waals surface area (Å²) in [5.41, 5.74) is 1.04. The van der Waals surface area contributed by atoms with Crippen molar-refractivity contribution in [1.29, 1.82) is 0 Å². The second-order valence-corrected chi connectivity index (χ2v) is 7.51. The molecule has 1 atom stereocenters. The standard InChI is InChI=1S/C17H20N2O2S/c1-18-12-13-19(17(14-18)15-8-4-2-5-9-15)22(20,21)16-10-6-3-7-11-16/h2-11,17H,12-14H2,1H3/t17-/m0/s1. The summed E-state index contributed by atoms with van der Waals surface area (Å²) in [6, 6.07) is 18.4. The van der Waals surface area contributed by atoms with Crippen molar-refractivity contribution in [2.75, 3.05) is 26.7 Å². The molecule has 1 fully saturated rings. The summed E-state index contributed by atoms with van der Waals surface area (Å²) in [7, 11) is -1.45. The van der Waals surface area contributed by atoms with Crippen molar-refractivity contribution in [3.8, 4) is 0 Å². The lowest BCUT2D eigenvalue weighted by Gasteiger charge is -2.39. The minimum Gasteiger partial charge on any atom is -0.303 e. The molecule has 4 nitrogen and oxygen atoms in total. The van der Waals surface area contributed by atoms with Crippen LogP contribution in [0, 0.1) is 0 Å². The Kier molecular flexibility index (Phi) is 4.29. The predicted molar refractivity (Wildman–Crippen MR) is 87.0 cm³/mol. The summed E-state index contributed by atoms with van der Waals surface area (Å²) in [5.74, 6) is 0. The van der Waals surface area contributed by atoms with Gasteiger partial charge in [-0.25, -0.2) is 8.42 Å². The van der Waals surface area contributed by atoms with Gasteiger partial charge in [-0.15, -0.1) is 0 Å². The lowest BCUT2D eigenvalue weighted by atomic mass is 10.1. The Bertz CT molecular complexity index is 717. The Morgan fingerprint density at radius 1 is 0.909 bits per heavy atom.